The first kappa shape index (κ1) is 5.47. The normalized spacial score (nSPS) is 8.50. The maximum atomic E-state index is 9.23. The van der Waals surface area contributed by atoms with Crippen molar-refractivity contribution < 1.29 is 9.53 Å². The molecule has 0 saturated carbocycles. The Labute approximate surface area is 37.1 Å². The van der Waals surface area contributed by atoms with Gasteiger partial charge in [0.2, 0.25) is 0 Å². The van der Waals surface area contributed by atoms with E-state index in [-0.39, 0.29) is 6.10 Å². The maximum absolute atomic E-state index is 9.23. The van der Waals surface area contributed by atoms with Crippen molar-refractivity contribution in [2.75, 3.05) is 0 Å². The van der Waals surface area contributed by atoms with E-state index in [4.69, 9.17) is 0 Å². The molecule has 0 saturated heterocycles. The van der Waals surface area contributed by atoms with E-state index in [0.29, 0.717) is 0 Å². The Morgan fingerprint density at radius 1 is 2.00 bits per heavy atom. The average Bonchev–Trinajstić information content (AvgIpc) is 1.35. The van der Waals surface area contributed by atoms with Crippen LogP contribution in [0.25, 0.3) is 0 Å². The summed E-state index contributed by atoms with van der Waals surface area (Å²) in [6.07, 6.45) is -0.275. The zero-order chi connectivity index (χ0) is 4.99. The van der Waals surface area contributed by atoms with Crippen LogP contribution in [0.2, 0.25) is 0 Å². The molecule has 0 aliphatic rings. The third kappa shape index (κ3) is 3.47. The number of carbonyl (C=O) groups excluding carboxylic acids is 1. The van der Waals surface area contributed by atoms with Gasteiger partial charge in [0.05, 0.1) is 6.10 Å². The van der Waals surface area contributed by atoms with Gasteiger partial charge in [0.25, 0.3) is 0 Å². The molecule has 2 nitrogen and oxygen atoms in total. The Balaban J connectivity index is 2.81. The summed E-state index contributed by atoms with van der Waals surface area (Å²) in [6.45, 7) is 6.26. The van der Waals surface area contributed by atoms with Crippen LogP contribution in [-0.4, -0.2) is 12.6 Å². The molecule has 0 bridgehead atoms. The van der Waals surface area contributed by atoms with Gasteiger partial charge in [-0.15, -0.1) is 0 Å². The predicted molar refractivity (Wildman–Crippen MR) is 21.6 cm³/mol. The van der Waals surface area contributed by atoms with E-state index in [2.05, 4.69) is 11.7 Å². The molecule has 0 aromatic rings. The lowest BCUT2D eigenvalue weighted by molar-refractivity contribution is 0.234. The first-order chi connectivity index (χ1) is 2.77. The Morgan fingerprint density at radius 2 is 2.50 bits per heavy atom. The van der Waals surface area contributed by atoms with Gasteiger partial charge in [-0.1, -0.05) is 0 Å². The molecule has 0 aromatic carbocycles. The van der Waals surface area contributed by atoms with E-state index in [0.717, 1.165) is 0 Å². The second-order valence-corrected chi connectivity index (χ2v) is 1.01. The van der Waals surface area contributed by atoms with Crippen LogP contribution in [0.3, 0.4) is 0 Å². The van der Waals surface area contributed by atoms with Crippen molar-refractivity contribution in [1.29, 1.82) is 0 Å². The van der Waals surface area contributed by atoms with Gasteiger partial charge in [-0.3, -0.25) is 0 Å². The van der Waals surface area contributed by atoms with Crippen LogP contribution in [0.1, 0.15) is 6.92 Å². The second kappa shape index (κ2) is 2.69. The molecule has 0 fully saturated rings. The highest BCUT2D eigenvalue weighted by molar-refractivity contribution is 5.38. The fourth-order valence-electron chi connectivity index (χ4n) is 0.0821. The first-order valence-electron chi connectivity index (χ1n) is 1.63. The van der Waals surface area contributed by atoms with E-state index in [1.807, 2.05) is 0 Å². The largest absolute Gasteiger partial charge is 0.454 e. The summed E-state index contributed by atoms with van der Waals surface area (Å²) in [7, 11) is 0. The number of hydrogen-bond donors (Lipinski definition) is 0. The molecule has 0 rings (SSSR count). The molecule has 1 unspecified atom stereocenters. The van der Waals surface area contributed by atoms with Gasteiger partial charge in [-0.05, 0) is 13.8 Å². The Bertz CT molecular complexity index is 40.8. The van der Waals surface area contributed by atoms with Crippen molar-refractivity contribution in [2.45, 2.75) is 13.0 Å². The third-order valence-electron chi connectivity index (χ3n) is 0.249. The average molecular weight is 86.1 g/mol. The maximum Gasteiger partial charge on any atom is 0.417 e. The van der Waals surface area contributed by atoms with E-state index in [9.17, 15) is 4.79 Å². The van der Waals surface area contributed by atoms with Gasteiger partial charge in [0.15, 0.2) is 0 Å². The highest BCUT2D eigenvalue weighted by Gasteiger charge is 1.85. The quantitative estimate of drug-likeness (QED) is 0.483. The highest BCUT2D eigenvalue weighted by Crippen LogP contribution is 1.78. The Kier molecular flexibility index (Phi) is 2.46. The summed E-state index contributed by atoms with van der Waals surface area (Å²) >= 11 is 0. The van der Waals surface area contributed by atoms with Gasteiger partial charge >= 0.3 is 6.47 Å². The van der Waals surface area contributed by atoms with E-state index < -0.39 is 0 Å². The minimum atomic E-state index is -0.275. The second-order valence-electron chi connectivity index (χ2n) is 1.01. The molecular weight excluding hydrogens is 80.0 g/mol. The molecule has 1 atom stereocenters. The summed E-state index contributed by atoms with van der Waals surface area (Å²) in [4.78, 5) is 9.23. The number of ether oxygens (including phenoxy) is 1. The summed E-state index contributed by atoms with van der Waals surface area (Å²) in [5.41, 5.74) is 0. The van der Waals surface area contributed by atoms with Crippen LogP contribution >= 0.6 is 0 Å². The third-order valence-corrected chi connectivity index (χ3v) is 0.249. The summed E-state index contributed by atoms with van der Waals surface area (Å²) < 4.78 is 4.12. The smallest absolute Gasteiger partial charge is 0.417 e. The van der Waals surface area contributed by atoms with Gasteiger partial charge in [-0.25, -0.2) is 4.79 Å². The van der Waals surface area contributed by atoms with Crippen molar-refractivity contribution in [3.8, 4) is 0 Å². The van der Waals surface area contributed by atoms with Crippen LogP contribution in [0.15, 0.2) is 0 Å². The molecular formula is C4H6O2. The lowest BCUT2D eigenvalue weighted by atomic mass is 10.5. The van der Waals surface area contributed by atoms with E-state index in [1.54, 1.807) is 6.92 Å². The van der Waals surface area contributed by atoms with Crippen molar-refractivity contribution in [1.82, 2.24) is 0 Å². The molecule has 2 heteroatoms. The molecule has 0 heterocycles. The molecule has 0 aromatic heterocycles. The molecule has 0 amide bonds. The predicted octanol–water partition coefficient (Wildman–Crippen LogP) is 0.293. The summed E-state index contributed by atoms with van der Waals surface area (Å²) in [5.74, 6) is 0. The number of hydrogen-bond acceptors (Lipinski definition) is 2. The summed E-state index contributed by atoms with van der Waals surface area (Å²) in [5, 5.41) is 0. The van der Waals surface area contributed by atoms with E-state index in [1.165, 1.54) is 6.47 Å². The van der Waals surface area contributed by atoms with Crippen molar-refractivity contribution >= 4 is 6.47 Å². The van der Waals surface area contributed by atoms with Gasteiger partial charge in [0, 0.05) is 0 Å². The fourth-order valence-corrected chi connectivity index (χ4v) is 0.0821. The van der Waals surface area contributed by atoms with Crippen LogP contribution in [0.4, 0.5) is 0 Å². The topological polar surface area (TPSA) is 26.3 Å². The minimum absolute atomic E-state index is 0.275. The van der Waals surface area contributed by atoms with Crippen LogP contribution in [0.5, 0.6) is 0 Å². The molecule has 0 aliphatic heterocycles. The lowest BCUT2D eigenvalue weighted by Gasteiger charge is -1.94. The van der Waals surface area contributed by atoms with Gasteiger partial charge < -0.3 is 4.74 Å². The van der Waals surface area contributed by atoms with Gasteiger partial charge in [0.1, 0.15) is 0 Å². The van der Waals surface area contributed by atoms with Crippen LogP contribution in [-0.2, 0) is 9.53 Å². The van der Waals surface area contributed by atoms with Crippen molar-refractivity contribution in [3.05, 3.63) is 6.92 Å². The zero-order valence-corrected chi connectivity index (χ0v) is 3.60. The molecule has 2 radical (unpaired) electrons. The first-order valence-corrected chi connectivity index (χ1v) is 1.63. The zero-order valence-electron chi connectivity index (χ0n) is 3.60. The molecule has 34 valence electrons. The molecule has 0 aliphatic carbocycles. The van der Waals surface area contributed by atoms with Crippen LogP contribution in [0, 0.1) is 6.92 Å². The van der Waals surface area contributed by atoms with Crippen LogP contribution < -0.4 is 0 Å². The molecule has 0 spiro atoms. The molecule has 6 heavy (non-hydrogen) atoms. The highest BCUT2D eigenvalue weighted by atomic mass is 16.5. The fraction of sp³-hybridized carbons (Fsp3) is 0.500. The van der Waals surface area contributed by atoms with Gasteiger partial charge in [-0.2, -0.15) is 0 Å². The summed E-state index contributed by atoms with van der Waals surface area (Å²) in [6, 6.07) is 0. The molecule has 0 N–H and O–H groups in total. The van der Waals surface area contributed by atoms with E-state index >= 15 is 0 Å². The monoisotopic (exact) mass is 86.0 g/mol. The lowest BCUT2D eigenvalue weighted by Crippen LogP contribution is -1.98. The number of rotatable bonds is 2. The standard InChI is InChI=1S/C4H6O2/c1-4(2)6-3-5/h4H,1H2,2H3. The minimum Gasteiger partial charge on any atom is -0.454 e. The SMILES string of the molecule is [CH2]C(C)O[C]=O. The van der Waals surface area contributed by atoms with Crippen molar-refractivity contribution in [2.24, 2.45) is 0 Å². The Hall–Kier alpha value is -0.530. The van der Waals surface area contributed by atoms with Crippen molar-refractivity contribution in [3.63, 3.8) is 0 Å². The Morgan fingerprint density at radius 3 is 2.50 bits per heavy atom.